The van der Waals surface area contributed by atoms with Gasteiger partial charge in [0.05, 0.1) is 5.56 Å². The molecule has 0 spiro atoms. The van der Waals surface area contributed by atoms with E-state index in [2.05, 4.69) is 14.7 Å². The molecule has 1 aliphatic rings. The zero-order valence-corrected chi connectivity index (χ0v) is 17.2. The summed E-state index contributed by atoms with van der Waals surface area (Å²) in [4.78, 5) is 22.9. The number of ether oxygens (including phenoxy) is 1. The standard InChI is InChI=1S/C22H26F3N3O2/c1-15(2)17-10-16(11-19(12-17)30-22(23,24)25)6-7-20-26-13-18(14-27-20)21(29)28-8-4-3-5-9-28/h10-15H,3-9H2,1-2H3. The van der Waals surface area contributed by atoms with Crippen molar-refractivity contribution < 1.29 is 22.7 Å². The predicted octanol–water partition coefficient (Wildman–Crippen LogP) is 4.91. The van der Waals surface area contributed by atoms with E-state index in [9.17, 15) is 18.0 Å². The number of hydrogen-bond donors (Lipinski definition) is 0. The lowest BCUT2D eigenvalue weighted by atomic mass is 9.98. The quantitative estimate of drug-likeness (QED) is 0.665. The van der Waals surface area contributed by atoms with E-state index in [1.807, 2.05) is 24.8 Å². The number of halogens is 3. The number of piperidine rings is 1. The Hall–Kier alpha value is -2.64. The first-order valence-corrected chi connectivity index (χ1v) is 10.2. The molecule has 0 aliphatic carbocycles. The third kappa shape index (κ3) is 6.18. The Bertz CT molecular complexity index is 861. The monoisotopic (exact) mass is 421 g/mol. The van der Waals surface area contributed by atoms with Crippen LogP contribution in [0.1, 0.15) is 66.3 Å². The van der Waals surface area contributed by atoms with E-state index in [0.717, 1.165) is 43.5 Å². The number of alkyl halides is 3. The summed E-state index contributed by atoms with van der Waals surface area (Å²) >= 11 is 0. The summed E-state index contributed by atoms with van der Waals surface area (Å²) in [7, 11) is 0. The maximum atomic E-state index is 12.6. The summed E-state index contributed by atoms with van der Waals surface area (Å²) in [5, 5.41) is 0. The van der Waals surface area contributed by atoms with E-state index in [1.54, 1.807) is 0 Å². The van der Waals surface area contributed by atoms with Crippen molar-refractivity contribution in [3.05, 3.63) is 53.1 Å². The van der Waals surface area contributed by atoms with Gasteiger partial charge in [-0.25, -0.2) is 9.97 Å². The lowest BCUT2D eigenvalue weighted by molar-refractivity contribution is -0.274. The molecular weight excluding hydrogens is 395 g/mol. The highest BCUT2D eigenvalue weighted by molar-refractivity contribution is 5.93. The minimum absolute atomic E-state index is 0.0557. The topological polar surface area (TPSA) is 55.3 Å². The summed E-state index contributed by atoms with van der Waals surface area (Å²) in [6.07, 6.45) is 2.42. The molecule has 8 heteroatoms. The Kier molecular flexibility index (Phi) is 6.95. The van der Waals surface area contributed by atoms with E-state index in [4.69, 9.17) is 0 Å². The van der Waals surface area contributed by atoms with Crippen LogP contribution in [0.5, 0.6) is 5.75 Å². The summed E-state index contributed by atoms with van der Waals surface area (Å²) in [5.74, 6) is 0.335. The minimum atomic E-state index is -4.73. The molecular formula is C22H26F3N3O2. The molecule has 0 saturated carbocycles. The molecule has 2 aromatic rings. The summed E-state index contributed by atoms with van der Waals surface area (Å²) in [6.45, 7) is 5.35. The van der Waals surface area contributed by atoms with Gasteiger partial charge in [-0.1, -0.05) is 19.9 Å². The Morgan fingerprint density at radius 1 is 1.07 bits per heavy atom. The fraction of sp³-hybridized carbons (Fsp3) is 0.500. The van der Waals surface area contributed by atoms with E-state index >= 15 is 0 Å². The first-order chi connectivity index (χ1) is 14.2. The maximum absolute atomic E-state index is 12.6. The highest BCUT2D eigenvalue weighted by Gasteiger charge is 2.31. The van der Waals surface area contributed by atoms with Crippen molar-refractivity contribution in [2.45, 2.75) is 58.2 Å². The molecule has 162 valence electrons. The molecule has 1 aromatic carbocycles. The van der Waals surface area contributed by atoms with Gasteiger partial charge in [-0.15, -0.1) is 13.2 Å². The average Bonchev–Trinajstić information content (AvgIpc) is 2.71. The van der Waals surface area contributed by atoms with E-state index < -0.39 is 6.36 Å². The van der Waals surface area contributed by atoms with Crippen LogP contribution in [0.2, 0.25) is 0 Å². The molecule has 0 radical (unpaired) electrons. The van der Waals surface area contributed by atoms with Crippen LogP contribution in [-0.4, -0.2) is 40.2 Å². The van der Waals surface area contributed by atoms with Crippen LogP contribution in [0, 0.1) is 0 Å². The third-order valence-electron chi connectivity index (χ3n) is 5.12. The van der Waals surface area contributed by atoms with Gasteiger partial charge in [0.1, 0.15) is 11.6 Å². The first kappa shape index (κ1) is 22.1. The Morgan fingerprint density at radius 2 is 1.73 bits per heavy atom. The molecule has 0 N–H and O–H groups in total. The van der Waals surface area contributed by atoms with Gasteiger partial charge in [-0.05, 0) is 54.9 Å². The highest BCUT2D eigenvalue weighted by atomic mass is 19.4. The van der Waals surface area contributed by atoms with E-state index in [1.165, 1.54) is 24.5 Å². The summed E-state index contributed by atoms with van der Waals surface area (Å²) < 4.78 is 42.0. The molecule has 1 saturated heterocycles. The van der Waals surface area contributed by atoms with Crippen LogP contribution in [0.3, 0.4) is 0 Å². The SMILES string of the molecule is CC(C)c1cc(CCc2ncc(C(=O)N3CCCCC3)cn2)cc(OC(F)(F)F)c1. The number of carbonyl (C=O) groups excluding carboxylic acids is 1. The lowest BCUT2D eigenvalue weighted by Crippen LogP contribution is -2.35. The molecule has 0 unspecified atom stereocenters. The maximum Gasteiger partial charge on any atom is 0.573 e. The molecule has 1 aromatic heterocycles. The van der Waals surface area contributed by atoms with E-state index in [0.29, 0.717) is 24.2 Å². The number of aryl methyl sites for hydroxylation is 2. The van der Waals surface area contributed by atoms with Crippen LogP contribution in [0.15, 0.2) is 30.6 Å². The van der Waals surface area contributed by atoms with Crippen LogP contribution in [0.4, 0.5) is 13.2 Å². The molecule has 1 fully saturated rings. The number of hydrogen-bond acceptors (Lipinski definition) is 4. The number of likely N-dealkylation sites (tertiary alicyclic amines) is 1. The fourth-order valence-electron chi connectivity index (χ4n) is 3.49. The van der Waals surface area contributed by atoms with Crippen LogP contribution >= 0.6 is 0 Å². The normalized spacial score (nSPS) is 14.8. The number of amides is 1. The van der Waals surface area contributed by atoms with Gasteiger partial charge in [0.2, 0.25) is 0 Å². The molecule has 0 bridgehead atoms. The van der Waals surface area contributed by atoms with Crippen molar-refractivity contribution in [3.8, 4) is 5.75 Å². The molecule has 2 heterocycles. The van der Waals surface area contributed by atoms with Crippen molar-refractivity contribution in [3.63, 3.8) is 0 Å². The zero-order chi connectivity index (χ0) is 21.7. The number of carbonyl (C=O) groups is 1. The molecule has 3 rings (SSSR count). The fourth-order valence-corrected chi connectivity index (χ4v) is 3.49. The molecule has 0 atom stereocenters. The number of benzene rings is 1. The first-order valence-electron chi connectivity index (χ1n) is 10.2. The number of aromatic nitrogens is 2. The Balaban J connectivity index is 1.66. The zero-order valence-electron chi connectivity index (χ0n) is 17.2. The lowest BCUT2D eigenvalue weighted by Gasteiger charge is -2.26. The van der Waals surface area contributed by atoms with Gasteiger partial charge in [-0.2, -0.15) is 0 Å². The highest BCUT2D eigenvalue weighted by Crippen LogP contribution is 2.28. The second-order valence-corrected chi connectivity index (χ2v) is 7.85. The minimum Gasteiger partial charge on any atom is -0.406 e. The summed E-state index contributed by atoms with van der Waals surface area (Å²) in [6, 6.07) is 4.69. The van der Waals surface area contributed by atoms with Gasteiger partial charge in [0.15, 0.2) is 0 Å². The van der Waals surface area contributed by atoms with Crippen molar-refractivity contribution in [1.29, 1.82) is 0 Å². The van der Waals surface area contributed by atoms with E-state index in [-0.39, 0.29) is 17.6 Å². The van der Waals surface area contributed by atoms with Crippen LogP contribution in [0.25, 0.3) is 0 Å². The predicted molar refractivity (Wildman–Crippen MR) is 106 cm³/mol. The molecule has 1 amide bonds. The summed E-state index contributed by atoms with van der Waals surface area (Å²) in [5.41, 5.74) is 1.95. The van der Waals surface area contributed by atoms with Crippen molar-refractivity contribution in [2.24, 2.45) is 0 Å². The van der Waals surface area contributed by atoms with Gasteiger partial charge in [-0.3, -0.25) is 4.79 Å². The van der Waals surface area contributed by atoms with Gasteiger partial charge >= 0.3 is 6.36 Å². The van der Waals surface area contributed by atoms with Gasteiger partial charge in [0.25, 0.3) is 5.91 Å². The Morgan fingerprint density at radius 3 is 2.33 bits per heavy atom. The van der Waals surface area contributed by atoms with Crippen LogP contribution < -0.4 is 4.74 Å². The second kappa shape index (κ2) is 9.45. The van der Waals surface area contributed by atoms with Gasteiger partial charge < -0.3 is 9.64 Å². The molecule has 1 aliphatic heterocycles. The third-order valence-corrected chi connectivity index (χ3v) is 5.12. The van der Waals surface area contributed by atoms with Crippen LogP contribution in [-0.2, 0) is 12.8 Å². The van der Waals surface area contributed by atoms with Crippen molar-refractivity contribution >= 4 is 5.91 Å². The second-order valence-electron chi connectivity index (χ2n) is 7.85. The average molecular weight is 421 g/mol. The molecule has 30 heavy (non-hydrogen) atoms. The van der Waals surface area contributed by atoms with Crippen molar-refractivity contribution in [2.75, 3.05) is 13.1 Å². The largest absolute Gasteiger partial charge is 0.573 e. The molecule has 5 nitrogen and oxygen atoms in total. The smallest absolute Gasteiger partial charge is 0.406 e. The van der Waals surface area contributed by atoms with Crippen molar-refractivity contribution in [1.82, 2.24) is 14.9 Å². The number of nitrogens with zero attached hydrogens (tertiary/aromatic N) is 3. The van der Waals surface area contributed by atoms with Gasteiger partial charge in [0, 0.05) is 31.9 Å². The number of rotatable bonds is 6. The Labute approximate surface area is 174 Å².